The van der Waals surface area contributed by atoms with E-state index in [1.807, 2.05) is 13.8 Å². The van der Waals surface area contributed by atoms with Crippen LogP contribution in [0.25, 0.3) is 0 Å². The first-order valence-corrected chi connectivity index (χ1v) is 7.64. The third-order valence-electron chi connectivity index (χ3n) is 2.66. The standard InChI is InChI=1S/C12H17N3O5S/c1-8(2)7-14(3)12(16)9-4-10(15(17)18)6-11(5-9)21(13,19)20/h4-6,8H,7H2,1-3H3,(H2,13,19,20). The Hall–Kier alpha value is -2.00. The molecular weight excluding hydrogens is 298 g/mol. The molecule has 116 valence electrons. The molecule has 0 radical (unpaired) electrons. The number of carbonyl (C=O) groups is 1. The van der Waals surface area contributed by atoms with Crippen LogP contribution in [0.5, 0.6) is 0 Å². The molecule has 0 fully saturated rings. The molecule has 1 amide bonds. The average molecular weight is 315 g/mol. The van der Waals surface area contributed by atoms with Gasteiger partial charge in [0.1, 0.15) is 0 Å². The van der Waals surface area contributed by atoms with Gasteiger partial charge in [-0.15, -0.1) is 0 Å². The number of carbonyl (C=O) groups excluding carboxylic acids is 1. The molecule has 9 heteroatoms. The first-order valence-electron chi connectivity index (χ1n) is 6.10. The average Bonchev–Trinajstić information content (AvgIpc) is 2.35. The van der Waals surface area contributed by atoms with Gasteiger partial charge in [0.15, 0.2) is 0 Å². The normalized spacial score (nSPS) is 11.5. The third kappa shape index (κ3) is 4.50. The second-order valence-electron chi connectivity index (χ2n) is 5.10. The van der Waals surface area contributed by atoms with Crippen LogP contribution in [0.2, 0.25) is 0 Å². The molecule has 0 saturated carbocycles. The zero-order valence-corrected chi connectivity index (χ0v) is 12.8. The van der Waals surface area contributed by atoms with Gasteiger partial charge in [-0.25, -0.2) is 13.6 Å². The number of sulfonamides is 1. The Morgan fingerprint density at radius 1 is 1.38 bits per heavy atom. The zero-order chi connectivity index (χ0) is 16.4. The summed E-state index contributed by atoms with van der Waals surface area (Å²) in [5.74, 6) is -0.298. The fraction of sp³-hybridized carbons (Fsp3) is 0.417. The first kappa shape index (κ1) is 17.1. The Bertz CT molecular complexity index is 669. The molecule has 0 bridgehead atoms. The van der Waals surface area contributed by atoms with Crippen molar-refractivity contribution in [2.24, 2.45) is 11.1 Å². The van der Waals surface area contributed by atoms with E-state index in [0.717, 1.165) is 18.2 Å². The second kappa shape index (κ2) is 6.19. The molecule has 0 aliphatic carbocycles. The van der Waals surface area contributed by atoms with Crippen LogP contribution in [0.1, 0.15) is 24.2 Å². The molecule has 0 saturated heterocycles. The van der Waals surface area contributed by atoms with Gasteiger partial charge in [-0.2, -0.15) is 0 Å². The molecule has 0 spiro atoms. The number of hydrogen-bond donors (Lipinski definition) is 1. The Labute approximate surface area is 122 Å². The predicted molar refractivity (Wildman–Crippen MR) is 76.3 cm³/mol. The molecule has 0 aliphatic rings. The van der Waals surface area contributed by atoms with Crippen molar-refractivity contribution in [3.8, 4) is 0 Å². The van der Waals surface area contributed by atoms with E-state index in [9.17, 15) is 23.3 Å². The SMILES string of the molecule is CC(C)CN(C)C(=O)c1cc([N+](=O)[O-])cc(S(N)(=O)=O)c1. The molecule has 2 N–H and O–H groups in total. The number of nitrogens with two attached hydrogens (primary N) is 1. The van der Waals surface area contributed by atoms with Crippen molar-refractivity contribution in [1.29, 1.82) is 0 Å². The van der Waals surface area contributed by atoms with E-state index in [1.165, 1.54) is 11.9 Å². The summed E-state index contributed by atoms with van der Waals surface area (Å²) >= 11 is 0. The zero-order valence-electron chi connectivity index (χ0n) is 11.9. The van der Waals surface area contributed by atoms with E-state index >= 15 is 0 Å². The Morgan fingerprint density at radius 3 is 2.38 bits per heavy atom. The van der Waals surface area contributed by atoms with Crippen molar-refractivity contribution in [3.05, 3.63) is 33.9 Å². The summed E-state index contributed by atoms with van der Waals surface area (Å²) in [6.45, 7) is 4.26. The quantitative estimate of drug-likeness (QED) is 0.640. The van der Waals surface area contributed by atoms with E-state index in [0.29, 0.717) is 6.54 Å². The van der Waals surface area contributed by atoms with E-state index in [1.54, 1.807) is 0 Å². The molecule has 0 atom stereocenters. The van der Waals surface area contributed by atoms with Gasteiger partial charge in [-0.05, 0) is 12.0 Å². The molecule has 0 unspecified atom stereocenters. The highest BCUT2D eigenvalue weighted by Gasteiger charge is 2.21. The van der Waals surface area contributed by atoms with Crippen molar-refractivity contribution in [2.45, 2.75) is 18.7 Å². The number of benzene rings is 1. The lowest BCUT2D eigenvalue weighted by molar-refractivity contribution is -0.385. The van der Waals surface area contributed by atoms with Crippen LogP contribution >= 0.6 is 0 Å². The molecule has 1 aromatic rings. The van der Waals surface area contributed by atoms with E-state index < -0.39 is 31.4 Å². The number of nitro groups is 1. The highest BCUT2D eigenvalue weighted by atomic mass is 32.2. The lowest BCUT2D eigenvalue weighted by Gasteiger charge is -2.19. The fourth-order valence-corrected chi connectivity index (χ4v) is 2.40. The van der Waals surface area contributed by atoms with E-state index in [2.05, 4.69) is 0 Å². The Kier molecular flexibility index (Phi) is 5.02. The third-order valence-corrected chi connectivity index (χ3v) is 3.56. The molecular formula is C12H17N3O5S. The van der Waals surface area contributed by atoms with Crippen LogP contribution in [0, 0.1) is 16.0 Å². The molecule has 1 rings (SSSR count). The summed E-state index contributed by atoms with van der Waals surface area (Å²) in [7, 11) is -2.60. The van der Waals surface area contributed by atoms with Crippen LogP contribution in [0.3, 0.4) is 0 Å². The van der Waals surface area contributed by atoms with Crippen LogP contribution < -0.4 is 5.14 Å². The number of non-ortho nitro benzene ring substituents is 1. The van der Waals surface area contributed by atoms with Gasteiger partial charge in [-0.3, -0.25) is 14.9 Å². The van der Waals surface area contributed by atoms with Gasteiger partial charge in [0, 0.05) is 31.3 Å². The number of nitrogens with zero attached hydrogens (tertiary/aromatic N) is 2. The fourth-order valence-electron chi connectivity index (χ4n) is 1.83. The number of amides is 1. The van der Waals surface area contributed by atoms with Crippen molar-refractivity contribution >= 4 is 21.6 Å². The summed E-state index contributed by atoms with van der Waals surface area (Å²) in [4.78, 5) is 23.2. The molecule has 8 nitrogen and oxygen atoms in total. The highest BCUT2D eigenvalue weighted by molar-refractivity contribution is 7.89. The second-order valence-corrected chi connectivity index (χ2v) is 6.66. The number of rotatable bonds is 5. The smallest absolute Gasteiger partial charge is 0.271 e. The van der Waals surface area contributed by atoms with Crippen molar-refractivity contribution in [2.75, 3.05) is 13.6 Å². The molecule has 0 heterocycles. The van der Waals surface area contributed by atoms with Gasteiger partial charge >= 0.3 is 0 Å². The van der Waals surface area contributed by atoms with Gasteiger partial charge in [0.25, 0.3) is 11.6 Å². The molecule has 0 aliphatic heterocycles. The predicted octanol–water partition coefficient (Wildman–Crippen LogP) is 0.970. The summed E-state index contributed by atoms with van der Waals surface area (Å²) in [5.41, 5.74) is -0.584. The van der Waals surface area contributed by atoms with Crippen molar-refractivity contribution in [3.63, 3.8) is 0 Å². The van der Waals surface area contributed by atoms with Gasteiger partial charge in [0.2, 0.25) is 10.0 Å². The summed E-state index contributed by atoms with van der Waals surface area (Å²) in [6, 6.07) is 2.91. The number of nitro benzene ring substituents is 1. The lowest BCUT2D eigenvalue weighted by Crippen LogP contribution is -2.30. The van der Waals surface area contributed by atoms with Crippen molar-refractivity contribution in [1.82, 2.24) is 4.90 Å². The van der Waals surface area contributed by atoms with Gasteiger partial charge < -0.3 is 4.90 Å². The van der Waals surface area contributed by atoms with Crippen LogP contribution in [0.4, 0.5) is 5.69 Å². The van der Waals surface area contributed by atoms with E-state index in [-0.39, 0.29) is 11.5 Å². The number of hydrogen-bond acceptors (Lipinski definition) is 5. The van der Waals surface area contributed by atoms with Gasteiger partial charge in [-0.1, -0.05) is 13.8 Å². The van der Waals surface area contributed by atoms with Gasteiger partial charge in [0.05, 0.1) is 9.82 Å². The largest absolute Gasteiger partial charge is 0.341 e. The minimum absolute atomic E-state index is 0.0867. The molecule has 21 heavy (non-hydrogen) atoms. The Morgan fingerprint density at radius 2 is 1.95 bits per heavy atom. The maximum Gasteiger partial charge on any atom is 0.271 e. The van der Waals surface area contributed by atoms with Crippen LogP contribution in [-0.4, -0.2) is 37.7 Å². The van der Waals surface area contributed by atoms with Crippen LogP contribution in [-0.2, 0) is 10.0 Å². The maximum atomic E-state index is 12.2. The first-order chi connectivity index (χ1) is 9.52. The minimum Gasteiger partial charge on any atom is -0.341 e. The minimum atomic E-state index is -4.14. The summed E-state index contributed by atoms with van der Waals surface area (Å²) in [6.07, 6.45) is 0. The summed E-state index contributed by atoms with van der Waals surface area (Å²) in [5, 5.41) is 15.8. The number of primary sulfonamides is 1. The molecule has 1 aromatic carbocycles. The van der Waals surface area contributed by atoms with Crippen LogP contribution in [0.15, 0.2) is 23.1 Å². The lowest BCUT2D eigenvalue weighted by atomic mass is 10.1. The molecule has 0 aromatic heterocycles. The summed E-state index contributed by atoms with van der Waals surface area (Å²) < 4.78 is 22.7. The maximum absolute atomic E-state index is 12.2. The van der Waals surface area contributed by atoms with Crippen molar-refractivity contribution < 1.29 is 18.1 Å². The topological polar surface area (TPSA) is 124 Å². The highest BCUT2D eigenvalue weighted by Crippen LogP contribution is 2.21. The monoisotopic (exact) mass is 315 g/mol. The Balaban J connectivity index is 3.32. The van der Waals surface area contributed by atoms with E-state index in [4.69, 9.17) is 5.14 Å².